The molecule has 0 spiro atoms. The normalized spacial score (nSPS) is 18.2. The summed E-state index contributed by atoms with van der Waals surface area (Å²) in [4.78, 5) is 43.8. The number of amides is 3. The van der Waals surface area contributed by atoms with Crippen LogP contribution in [0.3, 0.4) is 0 Å². The molecule has 9 unspecified atom stereocenters. The number of anilines is 2. The van der Waals surface area contributed by atoms with E-state index >= 15 is 0 Å². The average molecular weight is 1580 g/mol. The Balaban J connectivity index is 2.17. The van der Waals surface area contributed by atoms with E-state index in [0.717, 1.165) is 0 Å². The number of hydrogen-bond donors (Lipinski definition) is 14. The lowest BCUT2D eigenvalue weighted by Crippen LogP contribution is -2.45. The first-order valence-corrected chi connectivity index (χ1v) is 26.1. The van der Waals surface area contributed by atoms with Gasteiger partial charge in [0.1, 0.15) is 18.6 Å². The van der Waals surface area contributed by atoms with E-state index in [1.54, 1.807) is 6.92 Å². The lowest BCUT2D eigenvalue weighted by molar-refractivity contribution is -0.117. The highest BCUT2D eigenvalue weighted by atomic mass is 127. The van der Waals surface area contributed by atoms with Crippen LogP contribution < -0.4 is 31.1 Å². The van der Waals surface area contributed by atoms with Gasteiger partial charge in [0.25, 0.3) is 5.91 Å². The van der Waals surface area contributed by atoms with Crippen molar-refractivity contribution in [3.05, 3.63) is 43.7 Å². The Kier molecular flexibility index (Phi) is 25.7. The van der Waals surface area contributed by atoms with E-state index in [-0.39, 0.29) is 57.1 Å². The minimum atomic E-state index is -1.41. The predicted molar refractivity (Wildman–Crippen MR) is 286 cm³/mol. The third kappa shape index (κ3) is 15.6. The molecule has 64 heavy (non-hydrogen) atoms. The van der Waals surface area contributed by atoms with Crippen molar-refractivity contribution in [2.75, 3.05) is 75.5 Å². The van der Waals surface area contributed by atoms with Gasteiger partial charge in [-0.3, -0.25) is 25.0 Å². The van der Waals surface area contributed by atoms with Gasteiger partial charge in [0.2, 0.25) is 11.8 Å². The van der Waals surface area contributed by atoms with Crippen LogP contribution in [0.1, 0.15) is 59.8 Å². The lowest BCUT2D eigenvalue weighted by Gasteiger charge is -2.33. The SMILES string of the molecule is CC(=O)N(CC(O)CN(C(C)=O)c1c(I)c(C(C)C(O)NCC(O)CO)c(I)c(C2OC2NCC(O)CO)c1I)c1c(I)c(CNCC(O)CO)c(I)c(C(=O)NCC(O)CO)c1I. The Morgan fingerprint density at radius 1 is 0.641 bits per heavy atom. The molecule has 2 aromatic carbocycles. The topological polar surface area (TPSA) is 321 Å². The zero-order valence-corrected chi connectivity index (χ0v) is 47.7. The van der Waals surface area contributed by atoms with Crippen LogP contribution in [-0.2, 0) is 20.9 Å². The van der Waals surface area contributed by atoms with Crippen molar-refractivity contribution in [1.82, 2.24) is 21.3 Å². The maximum atomic E-state index is 13.8. The number of carbonyl (C=O) groups excluding carboxylic acids is 3. The smallest absolute Gasteiger partial charge is 0.253 e. The second kappa shape index (κ2) is 27.9. The highest BCUT2D eigenvalue weighted by Crippen LogP contribution is 2.49. The summed E-state index contributed by atoms with van der Waals surface area (Å²) in [6, 6.07) is 0. The number of benzene rings is 2. The molecule has 0 aromatic heterocycles. The molecule has 1 heterocycles. The first kappa shape index (κ1) is 59.0. The van der Waals surface area contributed by atoms with Crippen molar-refractivity contribution in [1.29, 1.82) is 0 Å². The maximum absolute atomic E-state index is 13.8. The fraction of sp³-hybridized carbons (Fsp3) is 0.605. The van der Waals surface area contributed by atoms with Gasteiger partial charge in [0.15, 0.2) is 0 Å². The van der Waals surface area contributed by atoms with Crippen molar-refractivity contribution in [3.63, 3.8) is 0 Å². The van der Waals surface area contributed by atoms with Crippen LogP contribution in [0.25, 0.3) is 0 Å². The second-order valence-electron chi connectivity index (χ2n) is 14.9. The van der Waals surface area contributed by atoms with Gasteiger partial charge in [-0.1, -0.05) is 6.92 Å². The number of aliphatic hydroxyl groups excluding tert-OH is 10. The Morgan fingerprint density at radius 3 is 1.67 bits per heavy atom. The molecule has 0 saturated carbocycles. The first-order valence-electron chi connectivity index (χ1n) is 19.7. The Bertz CT molecular complexity index is 1940. The summed E-state index contributed by atoms with van der Waals surface area (Å²) in [5, 5.41) is 112. The van der Waals surface area contributed by atoms with E-state index < -0.39 is 99.1 Å². The molecule has 0 aliphatic carbocycles. The van der Waals surface area contributed by atoms with E-state index in [2.05, 4.69) is 89.0 Å². The number of aliphatic hydroxyl groups is 10. The Morgan fingerprint density at radius 2 is 1.14 bits per heavy atom. The minimum absolute atomic E-state index is 0.00174. The van der Waals surface area contributed by atoms with Gasteiger partial charge < -0.3 is 76.2 Å². The predicted octanol–water partition coefficient (Wildman–Crippen LogP) is -0.688. The maximum Gasteiger partial charge on any atom is 0.253 e. The van der Waals surface area contributed by atoms with Crippen molar-refractivity contribution >= 4 is 165 Å². The van der Waals surface area contributed by atoms with Gasteiger partial charge >= 0.3 is 0 Å². The second-order valence-corrected chi connectivity index (χ2v) is 21.4. The molecular formula is C38H54I6N6O14. The van der Waals surface area contributed by atoms with Crippen LogP contribution in [0, 0.1) is 21.4 Å². The molecule has 3 rings (SSSR count). The Hall–Kier alpha value is 0.670. The molecule has 9 atom stereocenters. The molecule has 3 amide bonds. The van der Waals surface area contributed by atoms with E-state index in [9.17, 15) is 65.4 Å². The van der Waals surface area contributed by atoms with Crippen molar-refractivity contribution in [3.8, 4) is 0 Å². The summed E-state index contributed by atoms with van der Waals surface area (Å²) >= 11 is 12.3. The molecular weight excluding hydrogens is 1530 g/mol. The summed E-state index contributed by atoms with van der Waals surface area (Å²) in [6.45, 7) is 1.30. The zero-order valence-electron chi connectivity index (χ0n) is 34.7. The third-order valence-corrected chi connectivity index (χ3v) is 16.7. The van der Waals surface area contributed by atoms with Crippen molar-refractivity contribution < 1.29 is 70.2 Å². The molecule has 1 aliphatic rings. The summed E-state index contributed by atoms with van der Waals surface area (Å²) in [7, 11) is 0. The molecule has 1 aliphatic heterocycles. The van der Waals surface area contributed by atoms with Gasteiger partial charge in [-0.15, -0.1) is 0 Å². The highest BCUT2D eigenvalue weighted by molar-refractivity contribution is 14.1. The van der Waals surface area contributed by atoms with Gasteiger partial charge in [0.05, 0.1) is 90.5 Å². The quantitative estimate of drug-likeness (QED) is 0.0315. The number of rotatable bonds is 26. The average Bonchev–Trinajstić information content (AvgIpc) is 4.02. The molecule has 1 fully saturated rings. The van der Waals surface area contributed by atoms with Crippen LogP contribution >= 0.6 is 136 Å². The van der Waals surface area contributed by atoms with E-state index in [4.69, 9.17) is 4.74 Å². The Labute approximate surface area is 452 Å². The van der Waals surface area contributed by atoms with Crippen LogP contribution in [0.5, 0.6) is 0 Å². The van der Waals surface area contributed by atoms with Crippen LogP contribution in [-0.4, -0.2) is 177 Å². The van der Waals surface area contributed by atoms with Crippen molar-refractivity contribution in [2.45, 2.75) is 82.3 Å². The summed E-state index contributed by atoms with van der Waals surface area (Å²) < 4.78 is 9.16. The summed E-state index contributed by atoms with van der Waals surface area (Å²) in [5.41, 5.74) is 2.61. The zero-order chi connectivity index (χ0) is 48.3. The number of nitrogens with one attached hydrogen (secondary N) is 4. The van der Waals surface area contributed by atoms with Gasteiger partial charge in [-0.25, -0.2) is 0 Å². The van der Waals surface area contributed by atoms with Gasteiger partial charge in [0, 0.05) is 75.9 Å². The monoisotopic (exact) mass is 1580 g/mol. The van der Waals surface area contributed by atoms with E-state index in [1.165, 1.54) is 23.6 Å². The molecule has 26 heteroatoms. The molecule has 1 saturated heterocycles. The van der Waals surface area contributed by atoms with Crippen molar-refractivity contribution in [2.24, 2.45) is 0 Å². The van der Waals surface area contributed by atoms with E-state index in [1.807, 2.05) is 67.8 Å². The fourth-order valence-electron chi connectivity index (χ4n) is 6.35. The highest BCUT2D eigenvalue weighted by Gasteiger charge is 2.45. The molecule has 0 bridgehead atoms. The number of halogens is 6. The van der Waals surface area contributed by atoms with Crippen LogP contribution in [0.15, 0.2) is 0 Å². The first-order chi connectivity index (χ1) is 30.1. The van der Waals surface area contributed by atoms with Gasteiger partial charge in [-0.2, -0.15) is 0 Å². The fourth-order valence-corrected chi connectivity index (χ4v) is 16.3. The number of epoxide rings is 1. The van der Waals surface area contributed by atoms with Crippen LogP contribution in [0.2, 0.25) is 0 Å². The summed E-state index contributed by atoms with van der Waals surface area (Å²) in [5.74, 6) is -2.27. The molecule has 362 valence electrons. The van der Waals surface area contributed by atoms with Crippen LogP contribution in [0.4, 0.5) is 11.4 Å². The number of carbonyl (C=O) groups is 3. The van der Waals surface area contributed by atoms with Gasteiger partial charge in [-0.05, 0) is 147 Å². The number of nitrogens with zero attached hydrogens (tertiary/aromatic N) is 2. The largest absolute Gasteiger partial charge is 0.394 e. The molecule has 2 aromatic rings. The molecule has 0 radical (unpaired) electrons. The lowest BCUT2D eigenvalue weighted by atomic mass is 9.94. The van der Waals surface area contributed by atoms with E-state index in [0.29, 0.717) is 43.8 Å². The minimum Gasteiger partial charge on any atom is -0.394 e. The number of hydrogen-bond acceptors (Lipinski definition) is 17. The third-order valence-electron chi connectivity index (χ3n) is 9.91. The number of ether oxygens (including phenoxy) is 1. The summed E-state index contributed by atoms with van der Waals surface area (Å²) in [6.07, 6.45) is -8.29. The standard InChI is InChI=1S/C38H54I6N6O14/c1-15(36(62)46-5-19(58)12-52)24-29(41)25(35-38(64-35)48-7-21(60)14-54)31(43)34(30(24)42)50(17(3)56)10-22(61)9-49(16(2)55)33-28(40)23(8-45-4-18(57)11-51)27(39)26(32(33)44)37(63)47-6-20(59)13-53/h15,18-22,35-36,38,45-46,48,51-54,57-62H,4-14H2,1-3H3,(H,47,63). The molecule has 20 nitrogen and oxygen atoms in total. The molecule has 14 N–H and O–H groups in total.